The Morgan fingerprint density at radius 3 is 3.00 bits per heavy atom. The Labute approximate surface area is 86.2 Å². The SMILES string of the molecule is CCNc1nc(N)c2cc(C)sc2n1. The Bertz CT molecular complexity index is 463. The predicted molar refractivity (Wildman–Crippen MR) is 60.7 cm³/mol. The predicted octanol–water partition coefficient (Wildman–Crippen LogP) is 2.01. The van der Waals surface area contributed by atoms with Gasteiger partial charge in [-0.1, -0.05) is 0 Å². The molecule has 2 aromatic heterocycles. The maximum atomic E-state index is 5.82. The number of thiophene rings is 1. The molecule has 14 heavy (non-hydrogen) atoms. The Morgan fingerprint density at radius 1 is 1.50 bits per heavy atom. The second-order valence-electron chi connectivity index (χ2n) is 3.04. The van der Waals surface area contributed by atoms with Crippen molar-refractivity contribution in [1.29, 1.82) is 0 Å². The normalized spacial score (nSPS) is 10.7. The summed E-state index contributed by atoms with van der Waals surface area (Å²) in [6.07, 6.45) is 0. The molecule has 0 aromatic carbocycles. The number of nitrogens with one attached hydrogen (secondary N) is 1. The molecule has 0 saturated carbocycles. The van der Waals surface area contributed by atoms with Gasteiger partial charge in [0.1, 0.15) is 10.6 Å². The van der Waals surface area contributed by atoms with E-state index in [2.05, 4.69) is 15.3 Å². The van der Waals surface area contributed by atoms with Crippen LogP contribution in [0.5, 0.6) is 0 Å². The number of rotatable bonds is 2. The Hall–Kier alpha value is -1.36. The maximum absolute atomic E-state index is 5.82. The average molecular weight is 208 g/mol. The lowest BCUT2D eigenvalue weighted by Gasteiger charge is -2.02. The van der Waals surface area contributed by atoms with Gasteiger partial charge >= 0.3 is 0 Å². The topological polar surface area (TPSA) is 63.8 Å². The summed E-state index contributed by atoms with van der Waals surface area (Å²) < 4.78 is 0. The zero-order chi connectivity index (χ0) is 10.1. The Kier molecular flexibility index (Phi) is 2.25. The van der Waals surface area contributed by atoms with E-state index in [0.717, 1.165) is 16.8 Å². The molecule has 0 aliphatic heterocycles. The minimum atomic E-state index is 0.551. The van der Waals surface area contributed by atoms with Crippen LogP contribution in [0.1, 0.15) is 11.8 Å². The number of nitrogens with two attached hydrogens (primary N) is 1. The third-order valence-electron chi connectivity index (χ3n) is 1.88. The highest BCUT2D eigenvalue weighted by atomic mass is 32.1. The molecule has 74 valence electrons. The largest absolute Gasteiger partial charge is 0.383 e. The zero-order valence-electron chi connectivity index (χ0n) is 8.16. The summed E-state index contributed by atoms with van der Waals surface area (Å²) >= 11 is 1.64. The van der Waals surface area contributed by atoms with Crippen LogP contribution in [0.4, 0.5) is 11.8 Å². The highest BCUT2D eigenvalue weighted by Crippen LogP contribution is 2.27. The first-order valence-corrected chi connectivity index (χ1v) is 5.30. The first-order valence-electron chi connectivity index (χ1n) is 4.48. The van der Waals surface area contributed by atoms with Crippen molar-refractivity contribution >= 4 is 33.3 Å². The second kappa shape index (κ2) is 3.42. The molecular weight excluding hydrogens is 196 g/mol. The van der Waals surface area contributed by atoms with Gasteiger partial charge in [0.25, 0.3) is 0 Å². The first kappa shape index (κ1) is 9.21. The highest BCUT2D eigenvalue weighted by molar-refractivity contribution is 7.18. The molecule has 0 aliphatic carbocycles. The number of fused-ring (bicyclic) bond motifs is 1. The summed E-state index contributed by atoms with van der Waals surface area (Å²) in [5.41, 5.74) is 5.82. The van der Waals surface area contributed by atoms with E-state index in [9.17, 15) is 0 Å². The summed E-state index contributed by atoms with van der Waals surface area (Å²) in [6, 6.07) is 2.02. The molecule has 0 atom stereocenters. The number of nitrogen functional groups attached to an aromatic ring is 1. The van der Waals surface area contributed by atoms with Gasteiger partial charge in [-0.2, -0.15) is 4.98 Å². The minimum absolute atomic E-state index is 0.551. The number of anilines is 2. The Morgan fingerprint density at radius 2 is 2.29 bits per heavy atom. The van der Waals surface area contributed by atoms with E-state index in [4.69, 9.17) is 5.73 Å². The molecule has 0 fully saturated rings. The van der Waals surface area contributed by atoms with Crippen LogP contribution >= 0.6 is 11.3 Å². The molecule has 0 saturated heterocycles. The van der Waals surface area contributed by atoms with Gasteiger partial charge in [-0.25, -0.2) is 4.98 Å². The van der Waals surface area contributed by atoms with Crippen LogP contribution in [0.15, 0.2) is 6.07 Å². The van der Waals surface area contributed by atoms with Gasteiger partial charge in [0.2, 0.25) is 5.95 Å². The maximum Gasteiger partial charge on any atom is 0.226 e. The lowest BCUT2D eigenvalue weighted by atomic mass is 10.3. The van der Waals surface area contributed by atoms with Gasteiger partial charge < -0.3 is 11.1 Å². The van der Waals surface area contributed by atoms with Crippen LogP contribution in [-0.2, 0) is 0 Å². The molecule has 0 aliphatic rings. The van der Waals surface area contributed by atoms with E-state index in [1.54, 1.807) is 11.3 Å². The van der Waals surface area contributed by atoms with E-state index in [1.807, 2.05) is 19.9 Å². The molecule has 0 bridgehead atoms. The zero-order valence-corrected chi connectivity index (χ0v) is 8.98. The quantitative estimate of drug-likeness (QED) is 0.792. The van der Waals surface area contributed by atoms with Gasteiger partial charge in [-0.15, -0.1) is 11.3 Å². The van der Waals surface area contributed by atoms with Crippen molar-refractivity contribution in [2.24, 2.45) is 0 Å². The van der Waals surface area contributed by atoms with Crippen LogP contribution in [0.3, 0.4) is 0 Å². The average Bonchev–Trinajstić information content (AvgIpc) is 2.47. The molecular formula is C9H12N4S. The van der Waals surface area contributed by atoms with Gasteiger partial charge in [0, 0.05) is 11.4 Å². The lowest BCUT2D eigenvalue weighted by Crippen LogP contribution is -2.03. The number of hydrogen-bond donors (Lipinski definition) is 2. The Balaban J connectivity index is 2.59. The van der Waals surface area contributed by atoms with Crippen molar-refractivity contribution < 1.29 is 0 Å². The van der Waals surface area contributed by atoms with Crippen LogP contribution < -0.4 is 11.1 Å². The molecule has 2 aromatic rings. The third-order valence-corrected chi connectivity index (χ3v) is 2.82. The monoisotopic (exact) mass is 208 g/mol. The molecule has 4 nitrogen and oxygen atoms in total. The van der Waals surface area contributed by atoms with E-state index in [-0.39, 0.29) is 0 Å². The molecule has 5 heteroatoms. The van der Waals surface area contributed by atoms with Gasteiger partial charge in [-0.3, -0.25) is 0 Å². The van der Waals surface area contributed by atoms with E-state index < -0.39 is 0 Å². The van der Waals surface area contributed by atoms with Crippen LogP contribution in [0.25, 0.3) is 10.2 Å². The molecule has 2 heterocycles. The van der Waals surface area contributed by atoms with Crippen molar-refractivity contribution in [3.05, 3.63) is 10.9 Å². The fraction of sp³-hybridized carbons (Fsp3) is 0.333. The van der Waals surface area contributed by atoms with Gasteiger partial charge in [0.15, 0.2) is 0 Å². The second-order valence-corrected chi connectivity index (χ2v) is 4.27. The van der Waals surface area contributed by atoms with Crippen molar-refractivity contribution in [3.63, 3.8) is 0 Å². The third kappa shape index (κ3) is 1.50. The van der Waals surface area contributed by atoms with Crippen LogP contribution in [0.2, 0.25) is 0 Å². The van der Waals surface area contributed by atoms with Crippen molar-refractivity contribution in [2.75, 3.05) is 17.6 Å². The number of aromatic nitrogens is 2. The van der Waals surface area contributed by atoms with Gasteiger partial charge in [0.05, 0.1) is 5.39 Å². The smallest absolute Gasteiger partial charge is 0.226 e. The molecule has 0 spiro atoms. The minimum Gasteiger partial charge on any atom is -0.383 e. The van der Waals surface area contributed by atoms with Crippen molar-refractivity contribution in [3.8, 4) is 0 Å². The standard InChI is InChI=1S/C9H12N4S/c1-3-11-9-12-7(10)6-4-5(2)14-8(6)13-9/h4H,3H2,1-2H3,(H3,10,11,12,13). The molecule has 2 rings (SSSR count). The summed E-state index contributed by atoms with van der Waals surface area (Å²) in [5, 5.41) is 4.01. The van der Waals surface area contributed by atoms with Crippen molar-refractivity contribution in [2.45, 2.75) is 13.8 Å². The van der Waals surface area contributed by atoms with Gasteiger partial charge in [-0.05, 0) is 19.9 Å². The fourth-order valence-corrected chi connectivity index (χ4v) is 2.19. The first-order chi connectivity index (χ1) is 6.70. The summed E-state index contributed by atoms with van der Waals surface area (Å²) in [6.45, 7) is 4.84. The molecule has 0 amide bonds. The number of hydrogen-bond acceptors (Lipinski definition) is 5. The highest BCUT2D eigenvalue weighted by Gasteiger charge is 2.06. The summed E-state index contributed by atoms with van der Waals surface area (Å²) in [4.78, 5) is 10.7. The van der Waals surface area contributed by atoms with Crippen molar-refractivity contribution in [1.82, 2.24) is 9.97 Å². The number of aryl methyl sites for hydroxylation is 1. The lowest BCUT2D eigenvalue weighted by molar-refractivity contribution is 1.12. The van der Waals surface area contributed by atoms with E-state index >= 15 is 0 Å². The molecule has 0 radical (unpaired) electrons. The van der Waals surface area contributed by atoms with E-state index in [1.165, 1.54) is 4.88 Å². The van der Waals surface area contributed by atoms with Crippen LogP contribution in [0, 0.1) is 6.92 Å². The van der Waals surface area contributed by atoms with E-state index in [0.29, 0.717) is 11.8 Å². The summed E-state index contributed by atoms with van der Waals surface area (Å²) in [7, 11) is 0. The molecule has 0 unspecified atom stereocenters. The summed E-state index contributed by atoms with van der Waals surface area (Å²) in [5.74, 6) is 1.16. The van der Waals surface area contributed by atoms with Crippen LogP contribution in [-0.4, -0.2) is 16.5 Å². The fourth-order valence-electron chi connectivity index (χ4n) is 1.30. The molecule has 3 N–H and O–H groups in total. The number of nitrogens with zero attached hydrogens (tertiary/aromatic N) is 2.